The molecule has 15 rings (SSSR count). The molecule has 8 aliphatic heterocycles. The van der Waals surface area contributed by atoms with Crippen LogP contribution in [0.1, 0.15) is 121 Å². The summed E-state index contributed by atoms with van der Waals surface area (Å²) >= 11 is 14.5. The van der Waals surface area contributed by atoms with Gasteiger partial charge in [0.15, 0.2) is 30.3 Å². The lowest BCUT2D eigenvalue weighted by atomic mass is 9.86. The number of halogens is 5. The number of phenols is 3. The lowest BCUT2D eigenvalue weighted by Gasteiger charge is -2.46. The van der Waals surface area contributed by atoms with E-state index in [2.05, 4.69) is 52.6 Å². The Morgan fingerprint density at radius 1 is 0.656 bits per heavy atom. The average Bonchev–Trinajstić information content (AvgIpc) is 0.766. The van der Waals surface area contributed by atoms with Crippen molar-refractivity contribution in [2.24, 2.45) is 17.4 Å². The lowest BCUT2D eigenvalue weighted by molar-refractivity contribution is -0.350. The van der Waals surface area contributed by atoms with Gasteiger partial charge in [-0.15, -0.1) is 13.2 Å². The van der Waals surface area contributed by atoms with Gasteiger partial charge in [-0.05, 0) is 146 Å². The summed E-state index contributed by atoms with van der Waals surface area (Å²) in [5.41, 5.74) is 8.82. The number of nitrogens with one attached hydrogen (secondary N) is 9. The summed E-state index contributed by atoms with van der Waals surface area (Å²) in [6.07, 6.45) is -37.2. The number of benzene rings is 7. The van der Waals surface area contributed by atoms with Crippen LogP contribution in [0.3, 0.4) is 0 Å². The van der Waals surface area contributed by atoms with Crippen LogP contribution in [-0.2, 0) is 63.8 Å². The van der Waals surface area contributed by atoms with Gasteiger partial charge in [0.1, 0.15) is 126 Å². The van der Waals surface area contributed by atoms with E-state index in [1.807, 2.05) is 0 Å². The molecule has 3 fully saturated rings. The van der Waals surface area contributed by atoms with Gasteiger partial charge in [0.2, 0.25) is 53.4 Å². The number of carbonyl (C=O) groups is 8. The summed E-state index contributed by atoms with van der Waals surface area (Å²) in [5, 5.41) is 163. The zero-order chi connectivity index (χ0) is 94.8. The molecule has 3 unspecified atom stereocenters. The Morgan fingerprint density at radius 3 is 1.95 bits per heavy atom. The lowest BCUT2D eigenvalue weighted by Crippen LogP contribution is -2.65. The number of hydrogen-bond donors (Lipinski definition) is 23. The summed E-state index contributed by atoms with van der Waals surface area (Å²) < 4.78 is 94.0. The first-order valence-electron chi connectivity index (χ1n) is 41.0. The van der Waals surface area contributed by atoms with E-state index in [9.17, 15) is 88.8 Å². The molecule has 23 atom stereocenters. The van der Waals surface area contributed by atoms with E-state index in [0.29, 0.717) is 5.56 Å². The van der Waals surface area contributed by atoms with Crippen LogP contribution in [0.4, 0.5) is 18.9 Å². The van der Waals surface area contributed by atoms with Crippen LogP contribution in [0.25, 0.3) is 11.1 Å². The molecule has 7 aromatic carbocycles. The Bertz CT molecular complexity index is 5460. The fraction of sp³-hybridized carbons (Fsp3) is 0.419. The fourth-order valence-corrected chi connectivity index (χ4v) is 16.4. The van der Waals surface area contributed by atoms with Gasteiger partial charge < -0.3 is 163 Å². The number of rotatable bonds is 21. The maximum Gasteiger partial charge on any atom is 0.573 e. The number of anilines is 1. The van der Waals surface area contributed by atoms with Crippen molar-refractivity contribution in [2.45, 2.75) is 200 Å². The Kier molecular flexibility index (Phi) is 29.9. The van der Waals surface area contributed by atoms with Crippen molar-refractivity contribution >= 4 is 76.1 Å². The van der Waals surface area contributed by atoms with E-state index in [1.165, 1.54) is 57.3 Å². The first-order chi connectivity index (χ1) is 61.9. The predicted octanol–water partition coefficient (Wildman–Crippen LogP) is 1.74. The summed E-state index contributed by atoms with van der Waals surface area (Å²) in [6.45, 7) is 4.98. The molecule has 25 N–H and O–H groups in total. The highest BCUT2D eigenvalue weighted by molar-refractivity contribution is 6.32. The molecule has 7 aromatic rings. The van der Waals surface area contributed by atoms with Crippen LogP contribution in [-0.4, -0.2) is 245 Å². The molecule has 3 saturated heterocycles. The normalized spacial score (nSPS) is 29.0. The van der Waals surface area contributed by atoms with Crippen LogP contribution in [0.5, 0.6) is 51.7 Å². The Balaban J connectivity index is 0.919. The zero-order valence-electron chi connectivity index (χ0n) is 70.0. The molecule has 40 nitrogen and oxygen atoms in total. The van der Waals surface area contributed by atoms with E-state index >= 15 is 24.0 Å². The first-order valence-corrected chi connectivity index (χ1v) is 41.8. The molecule has 0 aliphatic carbocycles. The summed E-state index contributed by atoms with van der Waals surface area (Å²) in [6, 6.07) is 12.0. The van der Waals surface area contributed by atoms with E-state index in [0.717, 1.165) is 78.9 Å². The number of nitrogens with two attached hydrogens (primary N) is 2. The molecule has 8 aliphatic rings. The van der Waals surface area contributed by atoms with Gasteiger partial charge >= 0.3 is 6.36 Å². The molecular formula is C86H96Cl2F3N11O29. The minimum atomic E-state index is -5.03. The van der Waals surface area contributed by atoms with Gasteiger partial charge in [0.25, 0.3) is 5.91 Å². The number of aliphatic hydroxyl groups is 9. The van der Waals surface area contributed by atoms with Crippen molar-refractivity contribution in [3.63, 3.8) is 0 Å². The molecule has 131 heavy (non-hydrogen) atoms. The second kappa shape index (κ2) is 40.4. The van der Waals surface area contributed by atoms with Gasteiger partial charge in [-0.3, -0.25) is 38.4 Å². The van der Waals surface area contributed by atoms with Crippen molar-refractivity contribution in [3.05, 3.63) is 176 Å². The van der Waals surface area contributed by atoms with Gasteiger partial charge in [0.05, 0.1) is 41.3 Å². The highest BCUT2D eigenvalue weighted by atomic mass is 35.5. The molecule has 0 saturated carbocycles. The number of carbonyl (C=O) groups excluding carboxylic acids is 8. The standard InChI is InChI=1S/C86H96Cl2F3N11O29/c1-33(2)18-48(94-5)77(117)100-63-65(108)37-13-16-52(46(87)22-37)124-54-24-40-25-55(72(54)129-84-70(113)68(111)73(57(32-103)127-84)130-83-69(112)67(110)66(109)56(126-83)31-95-30-35-8-6-10-41(19-35)96-75(115)39-9-7-11-43(20-39)131-86(89,90)91)125-53-17-14-38(23-47(53)88)71(128-59-29-85(4,93)74(114)34(3)123-59)64-82(122)102-76(116)45-26-42(104)27-51(106)60(45)44-21-36(12-15-50(44)105)61(79(119)101-64)99-80(120)62(40)98-78(118)49(28-58(92)107)97-81(63)121/h6-17,19-27,33-34,48-49,56-57,59,61-71,73-74,76,83-84,94-95,103-106,108-114,116H,18,28-32,93H2,1-5H3,(H2,92,107)(H,96,115)(H,97,121)(H,98,118)(H,99,120)(H,100,117)(H,101,119)(H,102,122)/t34-,48+,49?,56+,57+,59-,61?,62+,63?,64-,65+,66-,67-,68+,69+,70+,71+,73+,74-,76-,83-,84-,85-/m0/s1. The molecule has 0 spiro atoms. The van der Waals surface area contributed by atoms with Crippen molar-refractivity contribution in [3.8, 4) is 62.9 Å². The van der Waals surface area contributed by atoms with Crippen molar-refractivity contribution in [1.82, 2.24) is 42.5 Å². The molecule has 11 bridgehead atoms. The van der Waals surface area contributed by atoms with Crippen LogP contribution in [0.2, 0.25) is 10.0 Å². The highest BCUT2D eigenvalue weighted by Crippen LogP contribution is 2.50. The number of aliphatic hydroxyl groups excluding tert-OH is 9. The number of likely N-dealkylation sites (N-methyl/N-ethyl adjacent to an activating group) is 1. The highest BCUT2D eigenvalue weighted by Gasteiger charge is 2.53. The molecule has 704 valence electrons. The van der Waals surface area contributed by atoms with E-state index in [4.69, 9.17) is 72.6 Å². The summed E-state index contributed by atoms with van der Waals surface area (Å²) in [7, 11) is 1.45. The van der Waals surface area contributed by atoms with Gasteiger partial charge in [0, 0.05) is 59.1 Å². The van der Waals surface area contributed by atoms with Crippen LogP contribution < -0.4 is 78.3 Å². The van der Waals surface area contributed by atoms with E-state index in [1.54, 1.807) is 26.0 Å². The third-order valence-electron chi connectivity index (χ3n) is 22.6. The van der Waals surface area contributed by atoms with Gasteiger partial charge in [-0.25, -0.2) is 0 Å². The Morgan fingerprint density at radius 2 is 1.30 bits per heavy atom. The Hall–Kier alpha value is -11.4. The largest absolute Gasteiger partial charge is 0.573 e. The number of amides is 8. The maximum absolute atomic E-state index is 16.4. The maximum atomic E-state index is 16.4. The van der Waals surface area contributed by atoms with Crippen molar-refractivity contribution in [1.29, 1.82) is 0 Å². The molecule has 0 aromatic heterocycles. The minimum Gasteiger partial charge on any atom is -0.508 e. The number of phenolic OH excluding ortho intramolecular Hbond substituents is 3. The van der Waals surface area contributed by atoms with Gasteiger partial charge in [-0.2, -0.15) is 0 Å². The average molecular weight is 1880 g/mol. The van der Waals surface area contributed by atoms with Crippen LogP contribution in [0, 0.1) is 5.92 Å². The molecule has 8 heterocycles. The summed E-state index contributed by atoms with van der Waals surface area (Å²) in [4.78, 5) is 119. The second-order valence-electron chi connectivity index (χ2n) is 32.8. The topological polar surface area (TPSA) is 623 Å². The SMILES string of the molecule is CN[C@H](CC(C)C)C(=O)NC1C(=O)NC(CC(N)=O)C(=O)N[C@H]2C(=O)NC3C(=O)N[C@H](C(=O)N[C@@H](O)c4cc(O)cc(O)c4-c4cc3ccc4O)[C@H](O[C@H]3C[C@](C)(N)[C@@H](O)[C@H](C)O3)c3ccc(c(Cl)c3)Oc3cc2cc(c3O[C@@H]2O[C@H](CO)[C@@H](O[C@@H]3O[C@H](CNCc4cccc(NC(=O)c5cccc(OC(F)(F)F)c5)c4)[C@H](O)[C@H](O)[C@H]3O)[C@H](O)[C@H]2O)Oc2ccc(cc2Cl)[C@H]1O. The third-order valence-corrected chi connectivity index (χ3v) is 23.2. The molecule has 0 radical (unpaired) electrons. The number of hydrogen-bond acceptors (Lipinski definition) is 32. The molecular weight excluding hydrogens is 1780 g/mol. The van der Waals surface area contributed by atoms with E-state index in [-0.39, 0.29) is 59.8 Å². The quantitative estimate of drug-likeness (QED) is 0.0487. The van der Waals surface area contributed by atoms with Gasteiger partial charge in [-0.1, -0.05) is 73.4 Å². The Labute approximate surface area is 752 Å². The number of aromatic hydroxyl groups is 3. The summed E-state index contributed by atoms with van der Waals surface area (Å²) in [5.74, 6) is -16.0. The number of primary amides is 1. The number of alkyl halides is 3. The van der Waals surface area contributed by atoms with Crippen molar-refractivity contribution < 1.29 is 155 Å². The third kappa shape index (κ3) is 22.2. The number of fused-ring (bicyclic) bond motifs is 15. The molecule has 45 heteroatoms. The zero-order valence-corrected chi connectivity index (χ0v) is 71.5. The predicted molar refractivity (Wildman–Crippen MR) is 449 cm³/mol. The smallest absolute Gasteiger partial charge is 0.508 e. The van der Waals surface area contributed by atoms with Crippen molar-refractivity contribution in [2.75, 3.05) is 25.5 Å². The minimum absolute atomic E-state index is 0.0487. The monoisotopic (exact) mass is 1870 g/mol. The fourth-order valence-electron chi connectivity index (χ4n) is 15.9. The first kappa shape index (κ1) is 97.1. The van der Waals surface area contributed by atoms with Crippen LogP contribution in [0.15, 0.2) is 127 Å². The van der Waals surface area contributed by atoms with Crippen LogP contribution >= 0.6 is 23.2 Å². The number of ether oxygens (including phenoxy) is 9. The van der Waals surface area contributed by atoms with E-state index < -0.39 is 291 Å². The molecule has 8 amide bonds. The second-order valence-corrected chi connectivity index (χ2v) is 33.6.